The van der Waals surface area contributed by atoms with E-state index in [2.05, 4.69) is 22.0 Å². The van der Waals surface area contributed by atoms with Crippen LogP contribution < -0.4 is 0 Å². The molecule has 6 nitrogen and oxygen atoms in total. The zero-order chi connectivity index (χ0) is 13.9. The number of fused-ring (bicyclic) bond motifs is 1. The van der Waals surface area contributed by atoms with Crippen molar-refractivity contribution in [3.63, 3.8) is 0 Å². The normalized spacial score (nSPS) is 11.3. The molecule has 0 bridgehead atoms. The van der Waals surface area contributed by atoms with Gasteiger partial charge in [-0.2, -0.15) is 4.98 Å². The van der Waals surface area contributed by atoms with Crippen LogP contribution in [0.5, 0.6) is 0 Å². The fourth-order valence-electron chi connectivity index (χ4n) is 2.24. The minimum Gasteiger partial charge on any atom is -0.388 e. The maximum Gasteiger partial charge on any atom is 0.246 e. The molecule has 20 heavy (non-hydrogen) atoms. The molecule has 0 fully saturated rings. The first-order chi connectivity index (χ1) is 9.81. The van der Waals surface area contributed by atoms with Gasteiger partial charge in [-0.1, -0.05) is 24.2 Å². The lowest BCUT2D eigenvalue weighted by molar-refractivity contribution is 0.264. The maximum absolute atomic E-state index is 9.44. The van der Waals surface area contributed by atoms with E-state index in [4.69, 9.17) is 4.52 Å². The summed E-state index contributed by atoms with van der Waals surface area (Å²) in [5.74, 6) is 1.85. The van der Waals surface area contributed by atoms with E-state index in [-0.39, 0.29) is 6.61 Å². The van der Waals surface area contributed by atoms with E-state index in [0.29, 0.717) is 18.3 Å². The van der Waals surface area contributed by atoms with Gasteiger partial charge in [-0.15, -0.1) is 0 Å². The Morgan fingerprint density at radius 1 is 1.25 bits per heavy atom. The van der Waals surface area contributed by atoms with E-state index < -0.39 is 0 Å². The summed E-state index contributed by atoms with van der Waals surface area (Å²) < 4.78 is 7.15. The Kier molecular flexibility index (Phi) is 3.47. The minimum atomic E-state index is -0.120. The second-order valence-electron chi connectivity index (χ2n) is 4.62. The average Bonchev–Trinajstić information content (AvgIpc) is 3.05. The van der Waals surface area contributed by atoms with E-state index in [1.807, 2.05) is 28.8 Å². The van der Waals surface area contributed by atoms with Gasteiger partial charge in [0.2, 0.25) is 5.89 Å². The summed E-state index contributed by atoms with van der Waals surface area (Å²) in [6, 6.07) is 7.75. The van der Waals surface area contributed by atoms with Crippen molar-refractivity contribution in [1.82, 2.24) is 19.7 Å². The number of aliphatic hydroxyl groups excluding tert-OH is 1. The number of hydrogen-bond acceptors (Lipinski definition) is 5. The molecular formula is C14H16N4O2. The molecule has 0 aliphatic heterocycles. The molecule has 0 saturated heterocycles. The second-order valence-corrected chi connectivity index (χ2v) is 4.62. The molecule has 0 aliphatic rings. The summed E-state index contributed by atoms with van der Waals surface area (Å²) in [4.78, 5) is 8.74. The van der Waals surface area contributed by atoms with Crippen molar-refractivity contribution in [3.05, 3.63) is 41.8 Å². The smallest absolute Gasteiger partial charge is 0.246 e. The summed E-state index contributed by atoms with van der Waals surface area (Å²) in [7, 11) is 0. The van der Waals surface area contributed by atoms with Gasteiger partial charge in [0.15, 0.2) is 5.82 Å². The van der Waals surface area contributed by atoms with Gasteiger partial charge in [0.1, 0.15) is 19.0 Å². The Hall–Kier alpha value is -2.21. The van der Waals surface area contributed by atoms with Gasteiger partial charge < -0.3 is 14.2 Å². The fraction of sp³-hybridized carbons (Fsp3) is 0.357. The van der Waals surface area contributed by atoms with Gasteiger partial charge in [-0.05, 0) is 18.6 Å². The molecule has 3 aromatic rings. The van der Waals surface area contributed by atoms with E-state index in [1.54, 1.807) is 0 Å². The number of hydrogen-bond donors (Lipinski definition) is 1. The number of rotatable bonds is 5. The van der Waals surface area contributed by atoms with Crippen LogP contribution in [0.1, 0.15) is 30.9 Å². The number of aliphatic hydroxyl groups is 1. The average molecular weight is 272 g/mol. The minimum absolute atomic E-state index is 0.120. The zero-order valence-corrected chi connectivity index (χ0v) is 11.3. The predicted molar refractivity (Wildman–Crippen MR) is 73.1 cm³/mol. The van der Waals surface area contributed by atoms with Gasteiger partial charge in [0.25, 0.3) is 0 Å². The number of aryl methyl sites for hydroxylation is 1. The molecule has 0 atom stereocenters. The lowest BCUT2D eigenvalue weighted by Gasteiger charge is -2.03. The molecule has 0 saturated carbocycles. The third-order valence-electron chi connectivity index (χ3n) is 3.15. The molecule has 0 amide bonds. The monoisotopic (exact) mass is 272 g/mol. The van der Waals surface area contributed by atoms with Crippen LogP contribution in [0, 0.1) is 0 Å². The molecule has 104 valence electrons. The quantitative estimate of drug-likeness (QED) is 0.767. The van der Waals surface area contributed by atoms with Crippen molar-refractivity contribution in [3.8, 4) is 0 Å². The zero-order valence-electron chi connectivity index (χ0n) is 11.3. The fourth-order valence-corrected chi connectivity index (χ4v) is 2.24. The molecule has 0 unspecified atom stereocenters. The molecule has 1 aromatic carbocycles. The summed E-state index contributed by atoms with van der Waals surface area (Å²) in [5, 5.41) is 13.4. The van der Waals surface area contributed by atoms with Crippen molar-refractivity contribution in [2.24, 2.45) is 0 Å². The van der Waals surface area contributed by atoms with E-state index in [1.165, 1.54) is 0 Å². The highest BCUT2D eigenvalue weighted by molar-refractivity contribution is 5.75. The van der Waals surface area contributed by atoms with Crippen LogP contribution in [-0.4, -0.2) is 24.8 Å². The van der Waals surface area contributed by atoms with Crippen molar-refractivity contribution in [1.29, 1.82) is 0 Å². The Labute approximate surface area is 116 Å². The highest BCUT2D eigenvalue weighted by Crippen LogP contribution is 2.17. The molecule has 0 aliphatic carbocycles. The highest BCUT2D eigenvalue weighted by Gasteiger charge is 2.13. The Morgan fingerprint density at radius 3 is 2.90 bits per heavy atom. The molecular weight excluding hydrogens is 256 g/mol. The first-order valence-electron chi connectivity index (χ1n) is 6.68. The van der Waals surface area contributed by atoms with Gasteiger partial charge in [-0.3, -0.25) is 0 Å². The SMILES string of the molecule is CCCc1noc(Cn2c(CO)nc3ccccc32)n1. The van der Waals surface area contributed by atoms with Crippen LogP contribution in [0.25, 0.3) is 11.0 Å². The summed E-state index contributed by atoms with van der Waals surface area (Å²) in [5.41, 5.74) is 1.80. The molecule has 6 heteroatoms. The topological polar surface area (TPSA) is 77.0 Å². The lowest BCUT2D eigenvalue weighted by atomic mass is 10.3. The molecule has 2 heterocycles. The second kappa shape index (κ2) is 5.42. The lowest BCUT2D eigenvalue weighted by Crippen LogP contribution is -2.05. The van der Waals surface area contributed by atoms with Crippen molar-refractivity contribution in [2.45, 2.75) is 32.9 Å². The first-order valence-corrected chi connectivity index (χ1v) is 6.68. The van der Waals surface area contributed by atoms with Crippen LogP contribution in [0.15, 0.2) is 28.8 Å². The Bertz CT molecular complexity index is 717. The standard InChI is InChI=1S/C14H16N4O2/c1-2-5-12-16-14(20-17-12)8-18-11-7-4-3-6-10(11)15-13(18)9-19/h3-4,6-7,19H,2,5,8-9H2,1H3. The van der Waals surface area contributed by atoms with Gasteiger partial charge in [0, 0.05) is 6.42 Å². The summed E-state index contributed by atoms with van der Waals surface area (Å²) in [6.45, 7) is 2.38. The third-order valence-corrected chi connectivity index (χ3v) is 3.15. The molecule has 2 aromatic heterocycles. The molecule has 0 radical (unpaired) electrons. The van der Waals surface area contributed by atoms with Gasteiger partial charge in [-0.25, -0.2) is 4.98 Å². The highest BCUT2D eigenvalue weighted by atomic mass is 16.5. The summed E-state index contributed by atoms with van der Waals surface area (Å²) in [6.07, 6.45) is 1.79. The number of aromatic nitrogens is 4. The van der Waals surface area contributed by atoms with Gasteiger partial charge >= 0.3 is 0 Å². The number of para-hydroxylation sites is 2. The number of imidazole rings is 1. The van der Waals surface area contributed by atoms with Crippen LogP contribution in [0.2, 0.25) is 0 Å². The predicted octanol–water partition coefficient (Wildman–Crippen LogP) is 1.91. The van der Waals surface area contributed by atoms with E-state index in [0.717, 1.165) is 29.7 Å². The molecule has 0 spiro atoms. The van der Waals surface area contributed by atoms with Crippen molar-refractivity contribution < 1.29 is 9.63 Å². The number of benzene rings is 1. The first kappa shape index (κ1) is 12.8. The van der Waals surface area contributed by atoms with Crippen LogP contribution in [0.4, 0.5) is 0 Å². The third kappa shape index (κ3) is 2.30. The molecule has 3 rings (SSSR count). The van der Waals surface area contributed by atoms with Crippen molar-refractivity contribution >= 4 is 11.0 Å². The van der Waals surface area contributed by atoms with Crippen LogP contribution in [0.3, 0.4) is 0 Å². The van der Waals surface area contributed by atoms with E-state index >= 15 is 0 Å². The van der Waals surface area contributed by atoms with Crippen molar-refractivity contribution in [2.75, 3.05) is 0 Å². The Balaban J connectivity index is 1.96. The number of nitrogens with zero attached hydrogens (tertiary/aromatic N) is 4. The summed E-state index contributed by atoms with van der Waals surface area (Å²) >= 11 is 0. The maximum atomic E-state index is 9.44. The van der Waals surface area contributed by atoms with E-state index in [9.17, 15) is 5.11 Å². The van der Waals surface area contributed by atoms with Crippen LogP contribution in [-0.2, 0) is 19.6 Å². The Morgan fingerprint density at radius 2 is 2.10 bits per heavy atom. The molecule has 1 N–H and O–H groups in total. The van der Waals surface area contributed by atoms with Crippen LogP contribution >= 0.6 is 0 Å². The largest absolute Gasteiger partial charge is 0.388 e. The van der Waals surface area contributed by atoms with Gasteiger partial charge in [0.05, 0.1) is 11.0 Å².